The van der Waals surface area contributed by atoms with Gasteiger partial charge >= 0.3 is 0 Å². The third-order valence-electron chi connectivity index (χ3n) is 2.65. The molecular weight excluding hydrogens is 202 g/mol. The summed E-state index contributed by atoms with van der Waals surface area (Å²) < 4.78 is 0. The van der Waals surface area contributed by atoms with Gasteiger partial charge in [-0.2, -0.15) is 0 Å². The van der Waals surface area contributed by atoms with Gasteiger partial charge in [-0.15, -0.1) is 0 Å². The number of nitrogens with two attached hydrogens (primary N) is 1. The Morgan fingerprint density at radius 1 is 1.44 bits per heavy atom. The molecule has 0 aliphatic heterocycles. The number of carbonyl (C=O) groups excluding carboxylic acids is 1. The normalized spacial score (nSPS) is 18.0. The average molecular weight is 225 g/mol. The summed E-state index contributed by atoms with van der Waals surface area (Å²) >= 11 is 0. The third-order valence-corrected chi connectivity index (χ3v) is 2.65. The van der Waals surface area contributed by atoms with Crippen molar-refractivity contribution in [1.82, 2.24) is 10.6 Å². The predicted octanol–water partition coefficient (Wildman–Crippen LogP) is 0.537. The molecule has 1 aliphatic rings. The Morgan fingerprint density at radius 3 is 2.56 bits per heavy atom. The molecule has 0 radical (unpaired) electrons. The van der Waals surface area contributed by atoms with Gasteiger partial charge in [-0.25, -0.2) is 0 Å². The minimum absolute atomic E-state index is 0.0731. The number of amides is 1. The zero-order valence-electron chi connectivity index (χ0n) is 10.2. The second-order valence-corrected chi connectivity index (χ2v) is 4.67. The molecule has 0 heterocycles. The van der Waals surface area contributed by atoms with Crippen LogP contribution in [0.25, 0.3) is 0 Å². The summed E-state index contributed by atoms with van der Waals surface area (Å²) in [7, 11) is 0. The highest BCUT2D eigenvalue weighted by Gasteiger charge is 2.17. The standard InChI is InChI=1S/C12H23N3O/c1-9(2)14-12(16)7-11(8-13)15-10-5-3-4-6-10/h3-4,9-11,15H,5-8,13H2,1-2H3,(H,14,16). The van der Waals surface area contributed by atoms with Crippen LogP contribution >= 0.6 is 0 Å². The zero-order chi connectivity index (χ0) is 12.0. The first-order valence-electron chi connectivity index (χ1n) is 6.02. The maximum atomic E-state index is 11.6. The molecule has 4 nitrogen and oxygen atoms in total. The van der Waals surface area contributed by atoms with Gasteiger partial charge in [0.1, 0.15) is 0 Å². The van der Waals surface area contributed by atoms with E-state index >= 15 is 0 Å². The molecule has 0 saturated carbocycles. The van der Waals surface area contributed by atoms with Crippen LogP contribution in [0.3, 0.4) is 0 Å². The molecule has 0 aromatic carbocycles. The minimum atomic E-state index is 0.0731. The first kappa shape index (κ1) is 13.2. The minimum Gasteiger partial charge on any atom is -0.354 e. The van der Waals surface area contributed by atoms with Crippen LogP contribution < -0.4 is 16.4 Å². The lowest BCUT2D eigenvalue weighted by Crippen LogP contribution is -2.45. The summed E-state index contributed by atoms with van der Waals surface area (Å²) in [6.07, 6.45) is 6.88. The summed E-state index contributed by atoms with van der Waals surface area (Å²) in [5, 5.41) is 6.30. The highest BCUT2D eigenvalue weighted by Crippen LogP contribution is 2.10. The van der Waals surface area contributed by atoms with Gasteiger partial charge in [-0.05, 0) is 26.7 Å². The molecule has 0 fully saturated rings. The SMILES string of the molecule is CC(C)NC(=O)CC(CN)NC1CC=CC1. The van der Waals surface area contributed by atoms with Gasteiger partial charge in [0.05, 0.1) is 0 Å². The Bertz CT molecular complexity index is 243. The average Bonchev–Trinajstić information content (AvgIpc) is 2.68. The van der Waals surface area contributed by atoms with Crippen LogP contribution in [0.1, 0.15) is 33.1 Å². The summed E-state index contributed by atoms with van der Waals surface area (Å²) in [6, 6.07) is 0.739. The van der Waals surface area contributed by atoms with Crippen molar-refractivity contribution in [3.05, 3.63) is 12.2 Å². The van der Waals surface area contributed by atoms with Gasteiger partial charge in [-0.3, -0.25) is 4.79 Å². The van der Waals surface area contributed by atoms with Crippen LogP contribution in [0.2, 0.25) is 0 Å². The molecular formula is C12H23N3O. The number of rotatable bonds is 6. The number of carbonyl (C=O) groups is 1. The molecule has 0 bridgehead atoms. The van der Waals surface area contributed by atoms with E-state index in [4.69, 9.17) is 5.73 Å². The van der Waals surface area contributed by atoms with Crippen molar-refractivity contribution in [3.8, 4) is 0 Å². The van der Waals surface area contributed by atoms with Gasteiger partial charge in [0, 0.05) is 31.1 Å². The number of nitrogens with one attached hydrogen (secondary N) is 2. The lowest BCUT2D eigenvalue weighted by molar-refractivity contribution is -0.122. The van der Waals surface area contributed by atoms with E-state index in [-0.39, 0.29) is 18.0 Å². The molecule has 1 unspecified atom stereocenters. The lowest BCUT2D eigenvalue weighted by Gasteiger charge is -2.21. The van der Waals surface area contributed by atoms with Crippen LogP contribution in [0, 0.1) is 0 Å². The van der Waals surface area contributed by atoms with Crippen LogP contribution in [0.15, 0.2) is 12.2 Å². The maximum absolute atomic E-state index is 11.6. The summed E-state index contributed by atoms with van der Waals surface area (Å²) in [4.78, 5) is 11.6. The van der Waals surface area contributed by atoms with Gasteiger partial charge in [0.25, 0.3) is 0 Å². The topological polar surface area (TPSA) is 67.2 Å². The smallest absolute Gasteiger partial charge is 0.221 e. The Hall–Kier alpha value is -0.870. The van der Waals surface area contributed by atoms with E-state index in [1.165, 1.54) is 0 Å². The van der Waals surface area contributed by atoms with Gasteiger partial charge in [0.2, 0.25) is 5.91 Å². The van der Waals surface area contributed by atoms with E-state index in [1.807, 2.05) is 13.8 Å². The van der Waals surface area contributed by atoms with Crippen molar-refractivity contribution in [3.63, 3.8) is 0 Å². The van der Waals surface area contributed by atoms with E-state index in [0.717, 1.165) is 12.8 Å². The van der Waals surface area contributed by atoms with Crippen LogP contribution in [0.5, 0.6) is 0 Å². The highest BCUT2D eigenvalue weighted by atomic mass is 16.1. The summed E-state index contributed by atoms with van der Waals surface area (Å²) in [5.74, 6) is 0.0731. The highest BCUT2D eigenvalue weighted by molar-refractivity contribution is 5.76. The molecule has 1 atom stereocenters. The van der Waals surface area contributed by atoms with Crippen molar-refractivity contribution < 1.29 is 4.79 Å². The molecule has 0 spiro atoms. The van der Waals surface area contributed by atoms with Crippen molar-refractivity contribution >= 4 is 5.91 Å². The Kier molecular flexibility index (Phi) is 5.49. The largest absolute Gasteiger partial charge is 0.354 e. The molecule has 16 heavy (non-hydrogen) atoms. The molecule has 1 amide bonds. The van der Waals surface area contributed by atoms with Gasteiger partial charge in [-0.1, -0.05) is 12.2 Å². The Morgan fingerprint density at radius 2 is 2.06 bits per heavy atom. The van der Waals surface area contributed by atoms with E-state index in [0.29, 0.717) is 19.0 Å². The molecule has 1 rings (SSSR count). The van der Waals surface area contributed by atoms with Crippen molar-refractivity contribution in [2.45, 2.75) is 51.2 Å². The summed E-state index contributed by atoms with van der Waals surface area (Å²) in [6.45, 7) is 4.43. The van der Waals surface area contributed by atoms with Crippen LogP contribution in [-0.4, -0.2) is 30.6 Å². The summed E-state index contributed by atoms with van der Waals surface area (Å²) in [5.41, 5.74) is 5.67. The fraction of sp³-hybridized carbons (Fsp3) is 0.750. The number of hydrogen-bond donors (Lipinski definition) is 3. The van der Waals surface area contributed by atoms with Crippen molar-refractivity contribution in [2.24, 2.45) is 5.73 Å². The molecule has 4 heteroatoms. The van der Waals surface area contributed by atoms with Gasteiger partial charge < -0.3 is 16.4 Å². The number of hydrogen-bond acceptors (Lipinski definition) is 3. The first-order chi connectivity index (χ1) is 7.61. The van der Waals surface area contributed by atoms with E-state index in [9.17, 15) is 4.79 Å². The monoisotopic (exact) mass is 225 g/mol. The lowest BCUT2D eigenvalue weighted by atomic mass is 10.1. The van der Waals surface area contributed by atoms with Gasteiger partial charge in [0.15, 0.2) is 0 Å². The van der Waals surface area contributed by atoms with Crippen LogP contribution in [-0.2, 0) is 4.79 Å². The van der Waals surface area contributed by atoms with Crippen LogP contribution in [0.4, 0.5) is 0 Å². The molecule has 1 aliphatic carbocycles. The second-order valence-electron chi connectivity index (χ2n) is 4.67. The van der Waals surface area contributed by atoms with E-state index in [1.54, 1.807) is 0 Å². The quantitative estimate of drug-likeness (QED) is 0.578. The zero-order valence-corrected chi connectivity index (χ0v) is 10.2. The second kappa shape index (κ2) is 6.66. The Balaban J connectivity index is 2.27. The van der Waals surface area contributed by atoms with Crippen molar-refractivity contribution in [2.75, 3.05) is 6.54 Å². The molecule has 0 aromatic rings. The molecule has 0 saturated heterocycles. The van der Waals surface area contributed by atoms with Crippen molar-refractivity contribution in [1.29, 1.82) is 0 Å². The first-order valence-corrected chi connectivity index (χ1v) is 6.02. The third kappa shape index (κ3) is 4.77. The van der Waals surface area contributed by atoms with E-state index in [2.05, 4.69) is 22.8 Å². The van der Waals surface area contributed by atoms with E-state index < -0.39 is 0 Å². The molecule has 92 valence electrons. The fourth-order valence-electron chi connectivity index (χ4n) is 1.90. The molecule has 4 N–H and O–H groups in total. The maximum Gasteiger partial charge on any atom is 0.221 e. The predicted molar refractivity (Wildman–Crippen MR) is 66.0 cm³/mol. The fourth-order valence-corrected chi connectivity index (χ4v) is 1.90. The Labute approximate surface area is 97.7 Å². The molecule has 0 aromatic heterocycles.